The van der Waals surface area contributed by atoms with E-state index in [0.29, 0.717) is 55.0 Å². The minimum atomic E-state index is -0.372. The molecule has 0 saturated carbocycles. The van der Waals surface area contributed by atoms with Crippen molar-refractivity contribution in [2.24, 2.45) is 13.0 Å². The van der Waals surface area contributed by atoms with E-state index in [2.05, 4.69) is 17.6 Å². The number of hydrogen-bond donors (Lipinski definition) is 0. The lowest BCUT2D eigenvalue weighted by molar-refractivity contribution is 0.0379. The lowest BCUT2D eigenvalue weighted by Crippen LogP contribution is -2.17. The summed E-state index contributed by atoms with van der Waals surface area (Å²) >= 11 is 7.25. The third-order valence-corrected chi connectivity index (χ3v) is 10.8. The Morgan fingerprint density at radius 3 is 2.67 bits per heavy atom. The summed E-state index contributed by atoms with van der Waals surface area (Å²) in [5.74, 6) is 0.638. The van der Waals surface area contributed by atoms with Gasteiger partial charge in [0.05, 0.1) is 36.1 Å². The number of aromatic nitrogens is 3. The van der Waals surface area contributed by atoms with Crippen molar-refractivity contribution in [1.82, 2.24) is 14.3 Å². The summed E-state index contributed by atoms with van der Waals surface area (Å²) in [5.41, 5.74) is 6.10. The maximum atomic E-state index is 13.9. The molecule has 1 atom stereocenters. The number of rotatable bonds is 11. The van der Waals surface area contributed by atoms with E-state index >= 15 is 0 Å². The van der Waals surface area contributed by atoms with E-state index in [9.17, 15) is 9.18 Å². The van der Waals surface area contributed by atoms with Crippen molar-refractivity contribution in [2.45, 2.75) is 71.4 Å². The molecule has 52 heavy (non-hydrogen) atoms. The number of allylic oxidation sites excluding steroid dienone is 1. The molecule has 0 N–H and O–H groups in total. The summed E-state index contributed by atoms with van der Waals surface area (Å²) in [4.78, 5) is 13.9. The van der Waals surface area contributed by atoms with Gasteiger partial charge in [0.2, 0.25) is 0 Å². The molecule has 2 aromatic heterocycles. The van der Waals surface area contributed by atoms with Gasteiger partial charge in [-0.15, -0.1) is 0 Å². The molecule has 8 nitrogen and oxygen atoms in total. The molecule has 4 heterocycles. The Morgan fingerprint density at radius 1 is 1.04 bits per heavy atom. The molecular formula is C42H47ClFN3O5. The minimum Gasteiger partial charge on any atom is -0.493 e. The average molecular weight is 728 g/mol. The van der Waals surface area contributed by atoms with Crippen molar-refractivity contribution < 1.29 is 28.1 Å². The van der Waals surface area contributed by atoms with Gasteiger partial charge in [-0.05, 0) is 99.1 Å². The van der Waals surface area contributed by atoms with Crippen LogP contribution >= 0.6 is 11.6 Å². The zero-order valence-corrected chi connectivity index (χ0v) is 31.0. The van der Waals surface area contributed by atoms with Crippen LogP contribution in [0.5, 0.6) is 5.75 Å². The first-order valence-corrected chi connectivity index (χ1v) is 19.0. The van der Waals surface area contributed by atoms with Crippen molar-refractivity contribution >= 4 is 39.2 Å². The molecule has 0 bridgehead atoms. The van der Waals surface area contributed by atoms with Crippen molar-refractivity contribution in [3.8, 4) is 16.9 Å². The largest absolute Gasteiger partial charge is 0.493 e. The molecular weight excluding hydrogens is 681 g/mol. The molecule has 5 aromatic rings. The number of carbonyl (C=O) groups is 1. The predicted octanol–water partition coefficient (Wildman–Crippen LogP) is 9.57. The summed E-state index contributed by atoms with van der Waals surface area (Å²) in [6.07, 6.45) is 9.80. The number of hydrogen-bond acceptors (Lipinski definition) is 6. The Morgan fingerprint density at radius 2 is 1.87 bits per heavy atom. The molecule has 7 rings (SSSR count). The normalized spacial score (nSPS) is 17.2. The van der Waals surface area contributed by atoms with E-state index in [1.807, 2.05) is 55.1 Å². The maximum Gasteiger partial charge on any atom is 0.355 e. The predicted molar refractivity (Wildman–Crippen MR) is 203 cm³/mol. The lowest BCUT2D eigenvalue weighted by atomic mass is 9.90. The van der Waals surface area contributed by atoms with Gasteiger partial charge in [0.15, 0.2) is 0 Å². The van der Waals surface area contributed by atoms with Crippen molar-refractivity contribution in [2.75, 3.05) is 33.0 Å². The van der Waals surface area contributed by atoms with E-state index in [0.717, 1.165) is 95.1 Å². The van der Waals surface area contributed by atoms with Crippen LogP contribution in [-0.2, 0) is 40.6 Å². The first kappa shape index (κ1) is 36.2. The average Bonchev–Trinajstić information content (AvgIpc) is 3.63. The Hall–Kier alpha value is -4.18. The fourth-order valence-corrected chi connectivity index (χ4v) is 8.25. The van der Waals surface area contributed by atoms with Crippen LogP contribution in [0.25, 0.3) is 32.8 Å². The number of halogens is 2. The van der Waals surface area contributed by atoms with Gasteiger partial charge in [-0.25, -0.2) is 9.18 Å². The molecule has 10 heteroatoms. The zero-order valence-electron chi connectivity index (χ0n) is 30.3. The number of nitrogens with zero attached hydrogens (tertiary/aromatic N) is 3. The standard InChI is InChI=1S/C42H47ClFN3O5/c1-4-34-38-37-33(43)17-16-32-31(11-9-23-51-35-12-8-10-28-26-29(44)14-15-30(28)35)41(42(48)50-5-2)47(40(32)37)21-6-7-22-52-36(39(38)45-46(34)3)18-13-27-19-24-49-25-20-27/h6-8,10,12,14-17,26-27,36H,4-5,9,11,13,18-25H2,1-3H3/b7-6-. The van der Waals surface area contributed by atoms with Gasteiger partial charge in [-0.2, -0.15) is 5.10 Å². The highest BCUT2D eigenvalue weighted by molar-refractivity contribution is 6.35. The third-order valence-electron chi connectivity index (χ3n) is 10.5. The van der Waals surface area contributed by atoms with Crippen LogP contribution in [0.2, 0.25) is 5.02 Å². The number of ether oxygens (including phenoxy) is 4. The molecule has 274 valence electrons. The molecule has 3 aromatic carbocycles. The maximum absolute atomic E-state index is 13.9. The van der Waals surface area contributed by atoms with Crippen LogP contribution in [0.4, 0.5) is 4.39 Å². The van der Waals surface area contributed by atoms with Gasteiger partial charge in [-0.3, -0.25) is 4.68 Å². The van der Waals surface area contributed by atoms with Crippen LogP contribution in [0.15, 0.2) is 60.7 Å². The lowest BCUT2D eigenvalue weighted by Gasteiger charge is -2.24. The quantitative estimate of drug-likeness (QED) is 0.0767. The smallest absolute Gasteiger partial charge is 0.355 e. The number of esters is 1. The highest BCUT2D eigenvalue weighted by atomic mass is 35.5. The SMILES string of the molecule is CCOC(=O)c1c(CCCOc2cccc3cc(F)ccc23)c2ccc(Cl)c3c2n1C/C=C\COC(CCC1CCOCC1)c1nn(C)c(CC)c1-3. The van der Waals surface area contributed by atoms with Crippen molar-refractivity contribution in [3.05, 3.63) is 94.2 Å². The Balaban J connectivity index is 1.31. The van der Waals surface area contributed by atoms with Crippen LogP contribution in [0.3, 0.4) is 0 Å². The number of fused-ring (bicyclic) bond motifs is 3. The summed E-state index contributed by atoms with van der Waals surface area (Å²) in [6.45, 7) is 7.10. The van der Waals surface area contributed by atoms with E-state index < -0.39 is 0 Å². The van der Waals surface area contributed by atoms with Crippen molar-refractivity contribution in [3.63, 3.8) is 0 Å². The molecule has 1 saturated heterocycles. The molecule has 2 aliphatic heterocycles. The van der Waals surface area contributed by atoms with Gasteiger partial charge in [0.25, 0.3) is 0 Å². The van der Waals surface area contributed by atoms with E-state index in [1.54, 1.807) is 6.07 Å². The first-order valence-electron chi connectivity index (χ1n) is 18.6. The van der Waals surface area contributed by atoms with Crippen LogP contribution in [0, 0.1) is 11.7 Å². The van der Waals surface area contributed by atoms with Gasteiger partial charge in [0, 0.05) is 54.4 Å². The number of benzene rings is 3. The molecule has 0 aliphatic carbocycles. The summed E-state index contributed by atoms with van der Waals surface area (Å²) in [6, 6.07) is 14.3. The first-order chi connectivity index (χ1) is 25.4. The Bertz CT molecular complexity index is 2100. The summed E-state index contributed by atoms with van der Waals surface area (Å²) in [5, 5.41) is 8.32. The number of carbonyl (C=O) groups excluding carboxylic acids is 1. The fourth-order valence-electron chi connectivity index (χ4n) is 8.01. The highest BCUT2D eigenvalue weighted by Crippen LogP contribution is 2.45. The molecule has 0 spiro atoms. The van der Waals surface area contributed by atoms with E-state index in [4.69, 9.17) is 35.6 Å². The summed E-state index contributed by atoms with van der Waals surface area (Å²) in [7, 11) is 1.99. The fraction of sp³-hybridized carbons (Fsp3) is 0.429. The monoisotopic (exact) mass is 727 g/mol. The summed E-state index contributed by atoms with van der Waals surface area (Å²) < 4.78 is 42.2. The molecule has 1 unspecified atom stereocenters. The van der Waals surface area contributed by atoms with Crippen molar-refractivity contribution in [1.29, 1.82) is 0 Å². The molecule has 1 fully saturated rings. The minimum absolute atomic E-state index is 0.228. The zero-order chi connectivity index (χ0) is 36.2. The topological polar surface area (TPSA) is 76.7 Å². The second-order valence-electron chi connectivity index (χ2n) is 13.7. The van der Waals surface area contributed by atoms with Gasteiger partial charge in [-0.1, -0.05) is 48.9 Å². The van der Waals surface area contributed by atoms with Crippen LogP contribution in [-0.4, -0.2) is 53.4 Å². The highest BCUT2D eigenvalue weighted by Gasteiger charge is 2.32. The van der Waals surface area contributed by atoms with Crippen LogP contribution in [0.1, 0.15) is 79.5 Å². The number of aryl methyl sites for hydroxylation is 2. The van der Waals surface area contributed by atoms with E-state index in [1.165, 1.54) is 12.1 Å². The second-order valence-corrected chi connectivity index (χ2v) is 14.1. The van der Waals surface area contributed by atoms with Crippen LogP contribution < -0.4 is 4.74 Å². The molecule has 2 aliphatic rings. The molecule has 0 amide bonds. The second kappa shape index (κ2) is 16.2. The van der Waals surface area contributed by atoms with Gasteiger partial charge < -0.3 is 23.5 Å². The molecule has 0 radical (unpaired) electrons. The third kappa shape index (κ3) is 7.23. The van der Waals surface area contributed by atoms with E-state index in [-0.39, 0.29) is 24.5 Å². The van der Waals surface area contributed by atoms with Gasteiger partial charge >= 0.3 is 5.97 Å². The Labute approximate surface area is 309 Å². The van der Waals surface area contributed by atoms with Gasteiger partial charge in [0.1, 0.15) is 23.4 Å². The Kier molecular flexibility index (Phi) is 11.3.